The average molecular weight is 381 g/mol. The van der Waals surface area contributed by atoms with Gasteiger partial charge in [0.15, 0.2) is 0 Å². The summed E-state index contributed by atoms with van der Waals surface area (Å²) in [5.41, 5.74) is 2.08. The Morgan fingerprint density at radius 3 is 2.78 bits per heavy atom. The number of methoxy groups -OCH3 is 1. The van der Waals surface area contributed by atoms with Gasteiger partial charge in [-0.25, -0.2) is 5.01 Å². The van der Waals surface area contributed by atoms with Gasteiger partial charge in [-0.1, -0.05) is 35.9 Å². The van der Waals surface area contributed by atoms with E-state index < -0.39 is 0 Å². The van der Waals surface area contributed by atoms with Crippen molar-refractivity contribution in [1.82, 2.24) is 5.01 Å². The van der Waals surface area contributed by atoms with Gasteiger partial charge in [0.1, 0.15) is 17.2 Å². The van der Waals surface area contributed by atoms with E-state index in [4.69, 9.17) is 20.8 Å². The highest BCUT2D eigenvalue weighted by molar-refractivity contribution is 6.31. The fraction of sp³-hybridized carbons (Fsp3) is 0.143. The molecule has 0 N–H and O–H groups in total. The first-order valence-electron chi connectivity index (χ1n) is 8.51. The Labute approximate surface area is 161 Å². The summed E-state index contributed by atoms with van der Waals surface area (Å²) in [5.74, 6) is 1.13. The molecule has 3 aromatic rings. The van der Waals surface area contributed by atoms with Crippen molar-refractivity contribution in [2.75, 3.05) is 7.11 Å². The van der Waals surface area contributed by atoms with Crippen molar-refractivity contribution in [3.8, 4) is 5.75 Å². The fourth-order valence-electron chi connectivity index (χ4n) is 3.23. The van der Waals surface area contributed by atoms with Crippen molar-refractivity contribution < 1.29 is 13.9 Å². The lowest BCUT2D eigenvalue weighted by Gasteiger charge is -2.23. The van der Waals surface area contributed by atoms with Crippen LogP contribution in [0.1, 0.15) is 34.1 Å². The van der Waals surface area contributed by atoms with Gasteiger partial charge in [-0.2, -0.15) is 5.10 Å². The summed E-state index contributed by atoms with van der Waals surface area (Å²) < 4.78 is 11.0. The Morgan fingerprint density at radius 1 is 1.19 bits per heavy atom. The summed E-state index contributed by atoms with van der Waals surface area (Å²) >= 11 is 6.07. The lowest BCUT2D eigenvalue weighted by atomic mass is 9.99. The van der Waals surface area contributed by atoms with E-state index in [1.807, 2.05) is 30.3 Å². The van der Waals surface area contributed by atoms with Gasteiger partial charge in [-0.3, -0.25) is 4.79 Å². The molecule has 2 heterocycles. The highest BCUT2D eigenvalue weighted by Gasteiger charge is 2.36. The van der Waals surface area contributed by atoms with Gasteiger partial charge < -0.3 is 9.15 Å². The van der Waals surface area contributed by atoms with Crippen LogP contribution in [0.25, 0.3) is 0 Å². The first-order chi connectivity index (χ1) is 13.2. The number of ether oxygens (including phenoxy) is 1. The van der Waals surface area contributed by atoms with E-state index in [0.717, 1.165) is 5.56 Å². The van der Waals surface area contributed by atoms with Crippen LogP contribution in [-0.4, -0.2) is 23.7 Å². The smallest absolute Gasteiger partial charge is 0.274 e. The molecule has 6 heteroatoms. The van der Waals surface area contributed by atoms with Gasteiger partial charge in [-0.05, 0) is 36.4 Å². The lowest BCUT2D eigenvalue weighted by molar-refractivity contribution is 0.0709. The van der Waals surface area contributed by atoms with E-state index in [0.29, 0.717) is 34.2 Å². The van der Waals surface area contributed by atoms with E-state index >= 15 is 0 Å². The lowest BCUT2D eigenvalue weighted by Crippen LogP contribution is -2.27. The molecule has 1 aliphatic rings. The van der Waals surface area contributed by atoms with Crippen LogP contribution in [0.2, 0.25) is 5.02 Å². The molecule has 1 amide bonds. The third-order valence-electron chi connectivity index (χ3n) is 4.49. The third-order valence-corrected chi connectivity index (χ3v) is 4.73. The van der Waals surface area contributed by atoms with Crippen LogP contribution < -0.4 is 4.74 Å². The maximum Gasteiger partial charge on any atom is 0.274 e. The first kappa shape index (κ1) is 17.4. The molecule has 1 aliphatic heterocycles. The second-order valence-electron chi connectivity index (χ2n) is 6.15. The molecule has 0 radical (unpaired) electrons. The van der Waals surface area contributed by atoms with E-state index in [1.54, 1.807) is 43.7 Å². The average Bonchev–Trinajstić information content (AvgIpc) is 3.37. The van der Waals surface area contributed by atoms with Crippen molar-refractivity contribution in [2.45, 2.75) is 12.5 Å². The summed E-state index contributed by atoms with van der Waals surface area (Å²) in [5, 5.41) is 6.57. The maximum absolute atomic E-state index is 13.2. The number of hydrogen-bond acceptors (Lipinski definition) is 4. The van der Waals surface area contributed by atoms with Gasteiger partial charge in [0, 0.05) is 22.6 Å². The summed E-state index contributed by atoms with van der Waals surface area (Å²) in [6.45, 7) is 0. The molecule has 0 aliphatic carbocycles. The molecule has 27 heavy (non-hydrogen) atoms. The monoisotopic (exact) mass is 380 g/mol. The van der Waals surface area contributed by atoms with Gasteiger partial charge in [0.25, 0.3) is 5.91 Å². The minimum absolute atomic E-state index is 0.227. The van der Waals surface area contributed by atoms with E-state index in [9.17, 15) is 4.79 Å². The summed E-state index contributed by atoms with van der Waals surface area (Å²) in [4.78, 5) is 13.2. The number of carbonyl (C=O) groups is 1. The zero-order chi connectivity index (χ0) is 18.8. The summed E-state index contributed by atoms with van der Waals surface area (Å²) in [6.07, 6.45) is 2.12. The molecule has 136 valence electrons. The van der Waals surface area contributed by atoms with Gasteiger partial charge in [-0.15, -0.1) is 0 Å². The molecule has 0 fully saturated rings. The van der Waals surface area contributed by atoms with Crippen LogP contribution >= 0.6 is 11.6 Å². The molecule has 5 nitrogen and oxygen atoms in total. The number of para-hydroxylation sites is 1. The fourth-order valence-corrected chi connectivity index (χ4v) is 3.42. The molecular formula is C21H17ClN2O3. The third kappa shape index (κ3) is 3.34. The number of hydrogen-bond donors (Lipinski definition) is 0. The molecule has 1 aromatic heterocycles. The highest BCUT2D eigenvalue weighted by atomic mass is 35.5. The Bertz CT molecular complexity index is 998. The molecule has 0 saturated carbocycles. The van der Waals surface area contributed by atoms with Crippen LogP contribution in [0, 0.1) is 0 Å². The molecule has 1 unspecified atom stereocenters. The van der Waals surface area contributed by atoms with Crippen molar-refractivity contribution in [2.24, 2.45) is 5.10 Å². The van der Waals surface area contributed by atoms with Crippen molar-refractivity contribution in [1.29, 1.82) is 0 Å². The highest BCUT2D eigenvalue weighted by Crippen LogP contribution is 2.38. The summed E-state index contributed by atoms with van der Waals surface area (Å²) in [6, 6.07) is 17.8. The largest absolute Gasteiger partial charge is 0.496 e. The normalized spacial score (nSPS) is 16.3. The van der Waals surface area contributed by atoms with Crippen LogP contribution in [0.15, 0.2) is 76.4 Å². The second kappa shape index (κ2) is 7.29. The van der Waals surface area contributed by atoms with Crippen molar-refractivity contribution >= 4 is 23.2 Å². The predicted octanol–water partition coefficient (Wildman–Crippen LogP) is 4.93. The Kier molecular flexibility index (Phi) is 4.69. The van der Waals surface area contributed by atoms with Crippen molar-refractivity contribution in [3.63, 3.8) is 0 Å². The van der Waals surface area contributed by atoms with Crippen LogP contribution in [0.5, 0.6) is 5.75 Å². The number of furan rings is 1. The minimum Gasteiger partial charge on any atom is -0.496 e. The molecule has 4 rings (SSSR count). The van der Waals surface area contributed by atoms with E-state index in [2.05, 4.69) is 5.10 Å². The van der Waals surface area contributed by atoms with Crippen molar-refractivity contribution in [3.05, 3.63) is 88.8 Å². The Balaban J connectivity index is 1.76. The van der Waals surface area contributed by atoms with Gasteiger partial charge in [0.05, 0.1) is 19.4 Å². The number of hydrazone groups is 1. The molecule has 1 atom stereocenters. The number of carbonyl (C=O) groups excluding carboxylic acids is 1. The Hall–Kier alpha value is -3.05. The second-order valence-corrected chi connectivity index (χ2v) is 6.58. The number of amides is 1. The number of nitrogens with zero attached hydrogens (tertiary/aromatic N) is 2. The standard InChI is InChI=1S/C21H17ClN2O3/c1-26-19-9-3-2-8-16(19)18-13-17(20-10-5-11-27-20)23-24(18)21(25)14-6-4-7-15(22)12-14/h2-12,18H,13H2,1H3. The zero-order valence-electron chi connectivity index (χ0n) is 14.6. The number of benzene rings is 2. The van der Waals surface area contributed by atoms with Crippen LogP contribution in [0.3, 0.4) is 0 Å². The quantitative estimate of drug-likeness (QED) is 0.644. The number of halogens is 1. The molecule has 0 bridgehead atoms. The molecule has 0 saturated heterocycles. The van der Waals surface area contributed by atoms with Gasteiger partial charge >= 0.3 is 0 Å². The maximum atomic E-state index is 13.2. The van der Waals surface area contributed by atoms with Crippen LogP contribution in [0.4, 0.5) is 0 Å². The SMILES string of the molecule is COc1ccccc1C1CC(c2ccco2)=NN1C(=O)c1cccc(Cl)c1. The summed E-state index contributed by atoms with van der Waals surface area (Å²) in [7, 11) is 1.62. The molecule has 0 spiro atoms. The zero-order valence-corrected chi connectivity index (χ0v) is 15.4. The predicted molar refractivity (Wildman–Crippen MR) is 103 cm³/mol. The topological polar surface area (TPSA) is 55.0 Å². The van der Waals surface area contributed by atoms with E-state index in [1.165, 1.54) is 5.01 Å². The van der Waals surface area contributed by atoms with Crippen LogP contribution in [-0.2, 0) is 0 Å². The van der Waals surface area contributed by atoms with Gasteiger partial charge in [0.2, 0.25) is 0 Å². The molecular weight excluding hydrogens is 364 g/mol. The van der Waals surface area contributed by atoms with E-state index in [-0.39, 0.29) is 11.9 Å². The Morgan fingerprint density at radius 2 is 2.04 bits per heavy atom. The first-order valence-corrected chi connectivity index (χ1v) is 8.88. The molecule has 2 aromatic carbocycles. The minimum atomic E-state index is -0.298. The number of rotatable bonds is 4.